The molecular weight excluding hydrogens is 755 g/mol. The van der Waals surface area contributed by atoms with Crippen molar-refractivity contribution >= 4 is 59.3 Å². The minimum Gasteiger partial charge on any atom is -0.310 e. The Morgan fingerprint density at radius 2 is 0.836 bits per heavy atom. The Morgan fingerprint density at radius 1 is 0.295 bits per heavy atom. The summed E-state index contributed by atoms with van der Waals surface area (Å²) >= 11 is 1.87. The zero-order valence-corrected chi connectivity index (χ0v) is 34.0. The van der Waals surface area contributed by atoms with Gasteiger partial charge >= 0.3 is 0 Å². The predicted octanol–water partition coefficient (Wildman–Crippen LogP) is 16.4. The van der Waals surface area contributed by atoms with Crippen LogP contribution in [0.4, 0.5) is 17.1 Å². The van der Waals surface area contributed by atoms with Gasteiger partial charge in [-0.15, -0.1) is 11.3 Å². The van der Waals surface area contributed by atoms with Gasteiger partial charge in [-0.3, -0.25) is 0 Å². The van der Waals surface area contributed by atoms with E-state index in [2.05, 4.69) is 229 Å². The number of fused-ring (bicyclic) bond motifs is 14. The standard InChI is InChI=1S/C59H37NS/c1-2-13-40-34-42(25-24-38(40)12-1)39-26-29-44(30-27-39)60(45-15-11-14-41(35-45)43-28-32-52-51-19-6-10-23-57(51)61-58(52)36-43)46-31-33-50-49-18-5-9-22-55(49)59(56(50)37-46)53-20-7-3-16-47(53)48-17-4-8-21-54(48)59/h1-37H. The van der Waals surface area contributed by atoms with Gasteiger partial charge in [0.2, 0.25) is 0 Å². The van der Waals surface area contributed by atoms with E-state index in [1.165, 1.54) is 97.7 Å². The summed E-state index contributed by atoms with van der Waals surface area (Å²) < 4.78 is 2.64. The van der Waals surface area contributed by atoms with Crippen LogP contribution in [0.1, 0.15) is 22.3 Å². The predicted molar refractivity (Wildman–Crippen MR) is 259 cm³/mol. The molecule has 1 spiro atoms. The van der Waals surface area contributed by atoms with E-state index in [0.717, 1.165) is 17.1 Å². The van der Waals surface area contributed by atoms with Crippen LogP contribution in [-0.4, -0.2) is 0 Å². The lowest BCUT2D eigenvalue weighted by Crippen LogP contribution is -2.26. The number of thiophene rings is 1. The second-order valence-corrected chi connectivity index (χ2v) is 17.5. The summed E-state index contributed by atoms with van der Waals surface area (Å²) in [5.74, 6) is 0. The molecule has 1 aromatic heterocycles. The maximum absolute atomic E-state index is 2.49. The molecule has 0 amide bonds. The SMILES string of the molecule is c1cc(-c2ccc3c(c2)sc2ccccc23)cc(N(c2ccc(-c3ccc4ccccc4c3)cc2)c2ccc3c(c2)C2(c4ccccc4-c4ccccc42)c2ccccc2-3)c1. The molecule has 0 radical (unpaired) electrons. The maximum Gasteiger partial charge on any atom is 0.0726 e. The van der Waals surface area contributed by atoms with Gasteiger partial charge in [-0.25, -0.2) is 0 Å². The van der Waals surface area contributed by atoms with E-state index in [9.17, 15) is 0 Å². The molecule has 10 aromatic carbocycles. The molecule has 61 heavy (non-hydrogen) atoms. The van der Waals surface area contributed by atoms with Gasteiger partial charge < -0.3 is 4.90 Å². The summed E-state index contributed by atoms with van der Waals surface area (Å²) in [6, 6.07) is 83.6. The van der Waals surface area contributed by atoms with Crippen LogP contribution in [0.15, 0.2) is 224 Å². The van der Waals surface area contributed by atoms with Crippen molar-refractivity contribution < 1.29 is 0 Å². The summed E-state index contributed by atoms with van der Waals surface area (Å²) in [5.41, 5.74) is 18.4. The lowest BCUT2D eigenvalue weighted by Gasteiger charge is -2.32. The van der Waals surface area contributed by atoms with Gasteiger partial charge in [-0.1, -0.05) is 170 Å². The first-order chi connectivity index (χ1) is 30.2. The van der Waals surface area contributed by atoms with Gasteiger partial charge in [0.05, 0.1) is 5.41 Å². The quantitative estimate of drug-likeness (QED) is 0.168. The Balaban J connectivity index is 1.00. The lowest BCUT2D eigenvalue weighted by molar-refractivity contribution is 0.793. The third-order valence-corrected chi connectivity index (χ3v) is 14.4. The van der Waals surface area contributed by atoms with Crippen LogP contribution in [0.25, 0.3) is 75.5 Å². The van der Waals surface area contributed by atoms with Gasteiger partial charge in [0.1, 0.15) is 0 Å². The van der Waals surface area contributed by atoms with Crippen LogP contribution in [-0.2, 0) is 5.41 Å². The highest BCUT2D eigenvalue weighted by Crippen LogP contribution is 2.63. The molecule has 11 aromatic rings. The van der Waals surface area contributed by atoms with Crippen LogP contribution in [0, 0.1) is 0 Å². The molecule has 2 heteroatoms. The molecule has 0 bridgehead atoms. The van der Waals surface area contributed by atoms with E-state index in [0.29, 0.717) is 0 Å². The Hall–Kier alpha value is -7.52. The molecule has 0 unspecified atom stereocenters. The smallest absolute Gasteiger partial charge is 0.0726 e. The summed E-state index contributed by atoms with van der Waals surface area (Å²) in [6.45, 7) is 0. The van der Waals surface area contributed by atoms with Crippen molar-refractivity contribution in [3.05, 3.63) is 247 Å². The van der Waals surface area contributed by atoms with Gasteiger partial charge in [-0.05, 0) is 132 Å². The van der Waals surface area contributed by atoms with Crippen molar-refractivity contribution in [3.63, 3.8) is 0 Å². The van der Waals surface area contributed by atoms with Crippen molar-refractivity contribution in [1.82, 2.24) is 0 Å². The highest BCUT2D eigenvalue weighted by molar-refractivity contribution is 7.25. The Bertz CT molecular complexity index is 3490. The number of anilines is 3. The number of rotatable bonds is 5. The number of nitrogens with zero attached hydrogens (tertiary/aromatic N) is 1. The first-order valence-electron chi connectivity index (χ1n) is 21.1. The molecule has 284 valence electrons. The summed E-state index contributed by atoms with van der Waals surface area (Å²) in [6.07, 6.45) is 0. The van der Waals surface area contributed by atoms with Crippen LogP contribution in [0.2, 0.25) is 0 Å². The molecule has 0 aliphatic heterocycles. The van der Waals surface area contributed by atoms with Crippen LogP contribution >= 0.6 is 11.3 Å². The second-order valence-electron chi connectivity index (χ2n) is 16.4. The molecule has 2 aliphatic carbocycles. The van der Waals surface area contributed by atoms with Gasteiger partial charge in [0, 0.05) is 37.2 Å². The number of hydrogen-bond acceptors (Lipinski definition) is 2. The zero-order valence-electron chi connectivity index (χ0n) is 33.2. The van der Waals surface area contributed by atoms with E-state index >= 15 is 0 Å². The van der Waals surface area contributed by atoms with Crippen molar-refractivity contribution in [2.24, 2.45) is 0 Å². The average Bonchev–Trinajstić information content (AvgIpc) is 3.95. The molecule has 2 aliphatic rings. The first kappa shape index (κ1) is 34.4. The summed E-state index contributed by atoms with van der Waals surface area (Å²) in [5, 5.41) is 5.14. The van der Waals surface area contributed by atoms with Crippen molar-refractivity contribution in [2.75, 3.05) is 4.90 Å². The van der Waals surface area contributed by atoms with Crippen LogP contribution in [0.5, 0.6) is 0 Å². The zero-order chi connectivity index (χ0) is 40.1. The van der Waals surface area contributed by atoms with E-state index < -0.39 is 5.41 Å². The van der Waals surface area contributed by atoms with E-state index in [-0.39, 0.29) is 0 Å². The monoisotopic (exact) mass is 791 g/mol. The summed E-state index contributed by atoms with van der Waals surface area (Å²) in [4.78, 5) is 2.45. The average molecular weight is 792 g/mol. The Kier molecular flexibility index (Phi) is 7.46. The molecule has 0 fully saturated rings. The molecular formula is C59H37NS. The van der Waals surface area contributed by atoms with Crippen molar-refractivity contribution in [3.8, 4) is 44.5 Å². The van der Waals surface area contributed by atoms with E-state index in [1.54, 1.807) is 0 Å². The lowest BCUT2D eigenvalue weighted by atomic mass is 9.70. The largest absolute Gasteiger partial charge is 0.310 e. The highest BCUT2D eigenvalue weighted by Gasteiger charge is 2.51. The minimum absolute atomic E-state index is 0.428. The first-order valence-corrected chi connectivity index (χ1v) is 21.9. The Labute approximate surface area is 359 Å². The van der Waals surface area contributed by atoms with Crippen molar-refractivity contribution in [2.45, 2.75) is 5.41 Å². The number of benzene rings is 10. The molecule has 0 saturated heterocycles. The van der Waals surface area contributed by atoms with Gasteiger partial charge in [0.15, 0.2) is 0 Å². The molecule has 1 nitrogen and oxygen atoms in total. The fourth-order valence-corrected chi connectivity index (χ4v) is 11.7. The number of hydrogen-bond donors (Lipinski definition) is 0. The normalized spacial score (nSPS) is 13.0. The third kappa shape index (κ3) is 5.07. The molecule has 1 heterocycles. The third-order valence-electron chi connectivity index (χ3n) is 13.3. The fourth-order valence-electron chi connectivity index (χ4n) is 10.6. The van der Waals surface area contributed by atoms with Crippen LogP contribution in [0.3, 0.4) is 0 Å². The van der Waals surface area contributed by atoms with Crippen LogP contribution < -0.4 is 4.90 Å². The van der Waals surface area contributed by atoms with E-state index in [4.69, 9.17) is 0 Å². The van der Waals surface area contributed by atoms with Crippen molar-refractivity contribution in [1.29, 1.82) is 0 Å². The topological polar surface area (TPSA) is 3.24 Å². The van der Waals surface area contributed by atoms with Gasteiger partial charge in [0.25, 0.3) is 0 Å². The van der Waals surface area contributed by atoms with E-state index in [1.807, 2.05) is 11.3 Å². The minimum atomic E-state index is -0.428. The molecule has 13 rings (SSSR count). The second kappa shape index (κ2) is 13.2. The highest BCUT2D eigenvalue weighted by atomic mass is 32.1. The molecule has 0 saturated carbocycles. The summed E-state index contributed by atoms with van der Waals surface area (Å²) in [7, 11) is 0. The maximum atomic E-state index is 2.49. The molecule has 0 atom stereocenters. The molecule has 0 N–H and O–H groups in total. The fraction of sp³-hybridized carbons (Fsp3) is 0.0169. The van der Waals surface area contributed by atoms with Gasteiger partial charge in [-0.2, -0.15) is 0 Å². The Morgan fingerprint density at radius 3 is 1.59 bits per heavy atom.